The maximum Gasteiger partial charge on any atom is 0.425 e. The van der Waals surface area contributed by atoms with Crippen LogP contribution in [0.25, 0.3) is 16.9 Å². The molecule has 0 spiro atoms. The van der Waals surface area contributed by atoms with Gasteiger partial charge in [0.1, 0.15) is 0 Å². The summed E-state index contributed by atoms with van der Waals surface area (Å²) in [6, 6.07) is 0.841. The molecule has 6 nitrogen and oxygen atoms in total. The number of halogens is 6. The summed E-state index contributed by atoms with van der Waals surface area (Å²) in [5.41, 5.74) is 0.123. The number of aromatic nitrogens is 5. The molecule has 3 aromatic rings. The van der Waals surface area contributed by atoms with Gasteiger partial charge in [-0.3, -0.25) is 9.38 Å². The highest BCUT2D eigenvalue weighted by molar-refractivity contribution is 5.59. The van der Waals surface area contributed by atoms with Gasteiger partial charge in [-0.25, -0.2) is 9.37 Å². The van der Waals surface area contributed by atoms with Gasteiger partial charge in [0.2, 0.25) is 5.82 Å². The Morgan fingerprint density at radius 3 is 2.37 bits per heavy atom. The molecule has 0 amide bonds. The number of nitrogens with zero attached hydrogens (tertiary/aromatic N) is 5. The highest BCUT2D eigenvalue weighted by Crippen LogP contribution is 2.29. The second-order valence-corrected chi connectivity index (χ2v) is 5.73. The summed E-state index contributed by atoms with van der Waals surface area (Å²) in [6.45, 7) is 1.35. The van der Waals surface area contributed by atoms with E-state index in [4.69, 9.17) is 0 Å². The molecule has 3 aromatic heterocycles. The molecule has 12 heteroatoms. The van der Waals surface area contributed by atoms with Gasteiger partial charge < -0.3 is 4.74 Å². The van der Waals surface area contributed by atoms with E-state index < -0.39 is 35.7 Å². The Morgan fingerprint density at radius 2 is 1.78 bits per heavy atom. The fourth-order valence-corrected chi connectivity index (χ4v) is 2.14. The van der Waals surface area contributed by atoms with E-state index in [1.165, 1.54) is 0 Å². The predicted octanol–water partition coefficient (Wildman–Crippen LogP) is 3.77. The lowest BCUT2D eigenvalue weighted by atomic mass is 10.2. The topological polar surface area (TPSA) is 65.2 Å². The van der Waals surface area contributed by atoms with Crippen molar-refractivity contribution in [1.82, 2.24) is 24.6 Å². The first-order valence-electron chi connectivity index (χ1n) is 7.45. The largest absolute Gasteiger partial charge is 0.463 e. The van der Waals surface area contributed by atoms with E-state index in [2.05, 4.69) is 24.9 Å². The van der Waals surface area contributed by atoms with Gasteiger partial charge in [0, 0.05) is 24.9 Å². The molecule has 0 aliphatic carbocycles. The van der Waals surface area contributed by atoms with Crippen molar-refractivity contribution < 1.29 is 31.1 Å². The first-order valence-corrected chi connectivity index (χ1v) is 7.45. The molecule has 0 aliphatic rings. The average Bonchev–Trinajstić information content (AvgIpc) is 2.99. The number of hydrogen-bond acceptors (Lipinski definition) is 5. The molecule has 0 saturated heterocycles. The van der Waals surface area contributed by atoms with Crippen LogP contribution in [0.15, 0.2) is 24.7 Å². The smallest absolute Gasteiger partial charge is 0.425 e. The number of pyridine rings is 1. The highest BCUT2D eigenvalue weighted by atomic mass is 19.4. The van der Waals surface area contributed by atoms with Crippen molar-refractivity contribution in [3.05, 3.63) is 36.3 Å². The van der Waals surface area contributed by atoms with E-state index in [1.54, 1.807) is 0 Å². The maximum absolute atomic E-state index is 14.1. The van der Waals surface area contributed by atoms with Crippen molar-refractivity contribution in [2.45, 2.75) is 32.1 Å². The summed E-state index contributed by atoms with van der Waals surface area (Å²) in [7, 11) is 0. The van der Waals surface area contributed by atoms with Crippen molar-refractivity contribution in [1.29, 1.82) is 0 Å². The van der Waals surface area contributed by atoms with Crippen molar-refractivity contribution in [2.75, 3.05) is 0 Å². The van der Waals surface area contributed by atoms with Crippen LogP contribution in [0.5, 0.6) is 5.88 Å². The Kier molecular flexibility index (Phi) is 4.44. The van der Waals surface area contributed by atoms with Gasteiger partial charge in [0.05, 0.1) is 11.9 Å². The number of fused-ring (bicyclic) bond motifs is 1. The molecule has 0 bridgehead atoms. The van der Waals surface area contributed by atoms with E-state index in [1.807, 2.05) is 0 Å². The first kappa shape index (κ1) is 18.9. The Bertz CT molecular complexity index is 981. The summed E-state index contributed by atoms with van der Waals surface area (Å²) in [6.07, 6.45) is -3.63. The lowest BCUT2D eigenvalue weighted by Crippen LogP contribution is -2.31. The van der Waals surface area contributed by atoms with Gasteiger partial charge in [-0.05, 0) is 13.0 Å². The van der Waals surface area contributed by atoms with Gasteiger partial charge in [-0.2, -0.15) is 22.0 Å². The van der Waals surface area contributed by atoms with Crippen molar-refractivity contribution in [3.8, 4) is 17.1 Å². The summed E-state index contributed by atoms with van der Waals surface area (Å²) in [5.74, 6) is -5.92. The minimum atomic E-state index is -4.68. The van der Waals surface area contributed by atoms with Crippen LogP contribution in [0.2, 0.25) is 0 Å². The Morgan fingerprint density at radius 1 is 1.07 bits per heavy atom. The van der Waals surface area contributed by atoms with E-state index in [-0.39, 0.29) is 16.9 Å². The van der Waals surface area contributed by atoms with Crippen molar-refractivity contribution in [2.24, 2.45) is 0 Å². The Hall–Kier alpha value is -2.92. The lowest BCUT2D eigenvalue weighted by Gasteiger charge is -2.17. The zero-order chi connectivity index (χ0) is 20.0. The summed E-state index contributed by atoms with van der Waals surface area (Å²) in [4.78, 5) is 7.47. The summed E-state index contributed by atoms with van der Waals surface area (Å²) < 4.78 is 84.2. The summed E-state index contributed by atoms with van der Waals surface area (Å²) >= 11 is 0. The van der Waals surface area contributed by atoms with E-state index in [9.17, 15) is 26.3 Å². The fourth-order valence-electron chi connectivity index (χ4n) is 2.14. The molecule has 1 atom stereocenters. The molecule has 1 unspecified atom stereocenters. The average molecular weight is 391 g/mol. The molecular formula is C15H11F6N5O. The predicted molar refractivity (Wildman–Crippen MR) is 79.7 cm³/mol. The second-order valence-electron chi connectivity index (χ2n) is 5.73. The van der Waals surface area contributed by atoms with Crippen LogP contribution in [0, 0.1) is 5.82 Å². The summed E-state index contributed by atoms with van der Waals surface area (Å²) in [5, 5.41) is 6.96. The SMILES string of the molecule is CC(Oc1ncc(-c2cn3c(C(C)(F)F)nnc3cn2)cc1F)C(F)(F)F. The molecule has 0 N–H and O–H groups in total. The third kappa shape index (κ3) is 3.78. The van der Waals surface area contributed by atoms with Crippen LogP contribution >= 0.6 is 0 Å². The van der Waals surface area contributed by atoms with Crippen LogP contribution in [-0.2, 0) is 5.92 Å². The molecular weight excluding hydrogens is 380 g/mol. The quantitative estimate of drug-likeness (QED) is 0.634. The van der Waals surface area contributed by atoms with Crippen molar-refractivity contribution in [3.63, 3.8) is 0 Å². The molecule has 3 rings (SSSR count). The Labute approximate surface area is 147 Å². The number of hydrogen-bond donors (Lipinski definition) is 0. The van der Waals surface area contributed by atoms with Crippen LogP contribution in [-0.4, -0.2) is 36.8 Å². The van der Waals surface area contributed by atoms with Gasteiger partial charge in [0.15, 0.2) is 17.6 Å². The minimum Gasteiger partial charge on any atom is -0.463 e. The highest BCUT2D eigenvalue weighted by Gasteiger charge is 2.38. The van der Waals surface area contributed by atoms with E-state index in [0.717, 1.165) is 29.1 Å². The standard InChI is InChI=1S/C15H11F6N5O/c1-7(15(19,20)21)27-12-9(16)3-8(4-23-12)10-6-26-11(5-22-10)24-25-13(26)14(2,17)18/h3-7H,1-2H3. The van der Waals surface area contributed by atoms with Crippen LogP contribution in [0.3, 0.4) is 0 Å². The lowest BCUT2D eigenvalue weighted by molar-refractivity contribution is -0.190. The molecule has 3 heterocycles. The zero-order valence-electron chi connectivity index (χ0n) is 13.8. The van der Waals surface area contributed by atoms with E-state index >= 15 is 0 Å². The molecule has 27 heavy (non-hydrogen) atoms. The monoisotopic (exact) mass is 391 g/mol. The molecule has 144 valence electrons. The minimum absolute atomic E-state index is 0.0367. The van der Waals surface area contributed by atoms with Gasteiger partial charge in [-0.1, -0.05) is 0 Å². The first-order chi connectivity index (χ1) is 12.5. The third-order valence-corrected chi connectivity index (χ3v) is 3.54. The molecule has 0 aromatic carbocycles. The molecule has 0 saturated carbocycles. The molecule has 0 aliphatic heterocycles. The van der Waals surface area contributed by atoms with Crippen LogP contribution in [0.4, 0.5) is 26.3 Å². The maximum atomic E-state index is 14.1. The van der Waals surface area contributed by atoms with Crippen LogP contribution < -0.4 is 4.74 Å². The van der Waals surface area contributed by atoms with Crippen LogP contribution in [0.1, 0.15) is 19.7 Å². The van der Waals surface area contributed by atoms with Gasteiger partial charge in [0.25, 0.3) is 5.88 Å². The number of ether oxygens (including phenoxy) is 1. The van der Waals surface area contributed by atoms with Gasteiger partial charge >= 0.3 is 12.1 Å². The Balaban J connectivity index is 1.96. The third-order valence-electron chi connectivity index (χ3n) is 3.54. The fraction of sp³-hybridized carbons (Fsp3) is 0.333. The number of alkyl halides is 5. The molecule has 0 fully saturated rings. The van der Waals surface area contributed by atoms with Crippen molar-refractivity contribution >= 4 is 5.65 Å². The van der Waals surface area contributed by atoms with E-state index in [0.29, 0.717) is 13.8 Å². The normalized spacial score (nSPS) is 13.8. The molecule has 0 radical (unpaired) electrons. The second kappa shape index (κ2) is 6.35. The zero-order valence-corrected chi connectivity index (χ0v) is 13.8. The van der Waals surface area contributed by atoms with Gasteiger partial charge in [-0.15, -0.1) is 10.2 Å². The number of rotatable bonds is 4.